The SMILES string of the molecule is NC1=NS(=C2CCCCC2)N=C(Oc2c(F)c(F)c(F)c(F)c2F)N1. The Hall–Kier alpha value is -2.17. The summed E-state index contributed by atoms with van der Waals surface area (Å²) in [6.07, 6.45) is 4.56. The van der Waals surface area contributed by atoms with E-state index in [0.717, 1.165) is 37.0 Å². The lowest BCUT2D eigenvalue weighted by Crippen LogP contribution is -2.41. The molecule has 0 aromatic heterocycles. The third-order valence-electron chi connectivity index (χ3n) is 3.63. The van der Waals surface area contributed by atoms with Gasteiger partial charge in [-0.3, -0.25) is 5.32 Å². The summed E-state index contributed by atoms with van der Waals surface area (Å²) in [5, 5.41) is 2.32. The van der Waals surface area contributed by atoms with Crippen LogP contribution in [-0.2, 0) is 0 Å². The van der Waals surface area contributed by atoms with Gasteiger partial charge in [0.15, 0.2) is 0 Å². The molecule has 1 aliphatic heterocycles. The molecule has 1 atom stereocenters. The summed E-state index contributed by atoms with van der Waals surface area (Å²) >= 11 is 0. The van der Waals surface area contributed by atoms with E-state index in [9.17, 15) is 22.0 Å². The largest absolute Gasteiger partial charge is 0.419 e. The van der Waals surface area contributed by atoms with Crippen LogP contribution in [0.2, 0.25) is 0 Å². The third kappa shape index (κ3) is 3.46. The molecule has 1 aliphatic carbocycles. The first-order chi connectivity index (χ1) is 11.9. The molecule has 1 aromatic carbocycles. The van der Waals surface area contributed by atoms with Gasteiger partial charge in [-0.2, -0.15) is 13.2 Å². The van der Waals surface area contributed by atoms with Crippen LogP contribution >= 0.6 is 10.9 Å². The molecule has 1 heterocycles. The van der Waals surface area contributed by atoms with Crippen LogP contribution in [0.4, 0.5) is 22.0 Å². The van der Waals surface area contributed by atoms with Crippen LogP contribution in [0.25, 0.3) is 0 Å². The van der Waals surface area contributed by atoms with Gasteiger partial charge in [-0.1, -0.05) is 6.42 Å². The third-order valence-corrected chi connectivity index (χ3v) is 5.26. The first-order valence-corrected chi connectivity index (χ1v) is 8.50. The van der Waals surface area contributed by atoms with Crippen molar-refractivity contribution >= 4 is 27.7 Å². The number of halogens is 5. The molecule has 0 amide bonds. The van der Waals surface area contributed by atoms with E-state index in [-0.39, 0.29) is 5.96 Å². The van der Waals surface area contributed by atoms with E-state index in [1.54, 1.807) is 0 Å². The first-order valence-electron chi connectivity index (χ1n) is 7.37. The zero-order chi connectivity index (χ0) is 18.1. The summed E-state index contributed by atoms with van der Waals surface area (Å²) in [6.45, 7) is 0. The lowest BCUT2D eigenvalue weighted by atomic mass is 10.0. The summed E-state index contributed by atoms with van der Waals surface area (Å²) < 4.78 is 80.0. The summed E-state index contributed by atoms with van der Waals surface area (Å²) in [5.41, 5.74) is 5.61. The van der Waals surface area contributed by atoms with E-state index in [4.69, 9.17) is 10.5 Å². The van der Waals surface area contributed by atoms with E-state index in [2.05, 4.69) is 14.1 Å². The van der Waals surface area contributed by atoms with E-state index in [1.165, 1.54) is 0 Å². The molecule has 0 saturated heterocycles. The number of guanidine groups is 1. The quantitative estimate of drug-likeness (QED) is 0.340. The zero-order valence-corrected chi connectivity index (χ0v) is 13.5. The fourth-order valence-electron chi connectivity index (χ4n) is 2.42. The van der Waals surface area contributed by atoms with Crippen LogP contribution in [-0.4, -0.2) is 16.8 Å². The minimum Gasteiger partial charge on any atom is -0.419 e. The lowest BCUT2D eigenvalue weighted by Gasteiger charge is -2.20. The molecule has 0 bridgehead atoms. The lowest BCUT2D eigenvalue weighted by molar-refractivity contribution is 0.343. The maximum absolute atomic E-state index is 13.7. The Balaban J connectivity index is 1.97. The number of amidine groups is 1. The molecule has 1 aromatic rings. The molecule has 0 spiro atoms. The average Bonchev–Trinajstić information content (AvgIpc) is 2.62. The predicted molar refractivity (Wildman–Crippen MR) is 84.7 cm³/mol. The number of benzene rings is 1. The molecule has 11 heteroatoms. The van der Waals surface area contributed by atoms with Gasteiger partial charge >= 0.3 is 6.02 Å². The molecule has 1 saturated carbocycles. The summed E-state index contributed by atoms with van der Waals surface area (Å²) in [5.74, 6) is -12.2. The zero-order valence-electron chi connectivity index (χ0n) is 12.7. The Morgan fingerprint density at radius 2 is 1.40 bits per heavy atom. The van der Waals surface area contributed by atoms with E-state index in [1.807, 2.05) is 0 Å². The molecule has 3 rings (SSSR count). The Kier molecular flexibility index (Phi) is 4.93. The van der Waals surface area contributed by atoms with Crippen molar-refractivity contribution in [3.05, 3.63) is 29.1 Å². The van der Waals surface area contributed by atoms with Gasteiger partial charge in [-0.15, -0.1) is 4.40 Å². The summed E-state index contributed by atoms with van der Waals surface area (Å²) in [7, 11) is -1.02. The van der Waals surface area contributed by atoms with Gasteiger partial charge in [0.2, 0.25) is 40.8 Å². The van der Waals surface area contributed by atoms with Crippen molar-refractivity contribution < 1.29 is 26.7 Å². The standard InChI is InChI=1S/C14H13F5N4OS/c15-7-8(16)10(18)12(11(19)9(7)17)24-14-21-13(20)22-25(23-14)6-4-2-1-3-5-6/h1-5H2,(H3,20,21,22,23). The minimum absolute atomic E-state index is 0.115. The molecule has 1 fully saturated rings. The number of nitrogens with one attached hydrogen (secondary N) is 1. The number of hydrogen-bond acceptors (Lipinski definition) is 5. The number of nitrogens with two attached hydrogens (primary N) is 1. The minimum atomic E-state index is -2.26. The molecule has 25 heavy (non-hydrogen) atoms. The smallest absolute Gasteiger partial charge is 0.310 e. The second kappa shape index (κ2) is 6.98. The summed E-state index contributed by atoms with van der Waals surface area (Å²) in [4.78, 5) is 0.995. The molecule has 136 valence electrons. The fraction of sp³-hybridized carbons (Fsp3) is 0.357. The Labute approximate surface area is 142 Å². The van der Waals surface area contributed by atoms with Gasteiger partial charge in [-0.05, 0) is 30.5 Å². The van der Waals surface area contributed by atoms with Gasteiger partial charge in [0.25, 0.3) is 0 Å². The Bertz CT molecular complexity index is 787. The fourth-order valence-corrected chi connectivity index (χ4v) is 3.85. The average molecular weight is 380 g/mol. The van der Waals surface area contributed by atoms with Crippen LogP contribution in [0, 0.1) is 29.1 Å². The van der Waals surface area contributed by atoms with Crippen LogP contribution in [0.3, 0.4) is 0 Å². The Morgan fingerprint density at radius 3 is 2.00 bits per heavy atom. The molecule has 3 N–H and O–H groups in total. The van der Waals surface area contributed by atoms with Crippen LogP contribution < -0.4 is 15.8 Å². The highest BCUT2D eigenvalue weighted by Crippen LogP contribution is 2.32. The second-order valence-electron chi connectivity index (χ2n) is 5.36. The highest BCUT2D eigenvalue weighted by Gasteiger charge is 2.29. The Morgan fingerprint density at radius 1 is 0.840 bits per heavy atom. The number of nitrogens with zero attached hydrogens (tertiary/aromatic N) is 2. The number of rotatable bonds is 1. The molecule has 0 radical (unpaired) electrons. The van der Waals surface area contributed by atoms with Crippen molar-refractivity contribution in [2.24, 2.45) is 14.5 Å². The maximum Gasteiger partial charge on any atom is 0.310 e. The summed E-state index contributed by atoms with van der Waals surface area (Å²) in [6, 6.07) is -0.475. The molecule has 2 aliphatic rings. The van der Waals surface area contributed by atoms with Crippen LogP contribution in [0.5, 0.6) is 5.75 Å². The van der Waals surface area contributed by atoms with Crippen molar-refractivity contribution in [1.29, 1.82) is 0 Å². The van der Waals surface area contributed by atoms with Gasteiger partial charge in [-0.25, -0.2) is 13.2 Å². The highest BCUT2D eigenvalue weighted by atomic mass is 32.2. The van der Waals surface area contributed by atoms with Crippen LogP contribution in [0.1, 0.15) is 32.1 Å². The van der Waals surface area contributed by atoms with Gasteiger partial charge < -0.3 is 10.5 Å². The normalized spacial score (nSPS) is 20.7. The molecular weight excluding hydrogens is 367 g/mol. The van der Waals surface area contributed by atoms with Crippen molar-refractivity contribution in [2.75, 3.05) is 0 Å². The molecule has 5 nitrogen and oxygen atoms in total. The molecular formula is C14H13F5N4OS. The first kappa shape index (κ1) is 17.6. The van der Waals surface area contributed by atoms with E-state index in [0.29, 0.717) is 0 Å². The maximum atomic E-state index is 13.7. The van der Waals surface area contributed by atoms with Gasteiger partial charge in [0, 0.05) is 0 Å². The second-order valence-corrected chi connectivity index (χ2v) is 6.83. The van der Waals surface area contributed by atoms with Crippen molar-refractivity contribution in [1.82, 2.24) is 5.32 Å². The molecule has 1 unspecified atom stereocenters. The number of ether oxygens (including phenoxy) is 1. The topological polar surface area (TPSA) is 72.0 Å². The van der Waals surface area contributed by atoms with E-state index < -0.39 is 51.7 Å². The highest BCUT2D eigenvalue weighted by molar-refractivity contribution is 8.14. The van der Waals surface area contributed by atoms with Crippen molar-refractivity contribution in [3.63, 3.8) is 0 Å². The monoisotopic (exact) mass is 380 g/mol. The van der Waals surface area contributed by atoms with Gasteiger partial charge in [0.1, 0.15) is 0 Å². The number of hydrogen-bond donors (Lipinski definition) is 2. The van der Waals surface area contributed by atoms with Gasteiger partial charge in [0.05, 0.1) is 10.9 Å². The van der Waals surface area contributed by atoms with Crippen molar-refractivity contribution in [3.8, 4) is 5.75 Å². The predicted octanol–water partition coefficient (Wildman–Crippen LogP) is 3.27. The van der Waals surface area contributed by atoms with E-state index >= 15 is 0 Å². The van der Waals surface area contributed by atoms with Crippen LogP contribution in [0.15, 0.2) is 8.80 Å². The van der Waals surface area contributed by atoms with Crippen molar-refractivity contribution in [2.45, 2.75) is 32.1 Å².